The second kappa shape index (κ2) is 15.4. The lowest BCUT2D eigenvalue weighted by Gasteiger charge is -2.30. The molecule has 1 aromatic rings. The van der Waals surface area contributed by atoms with E-state index in [1.807, 2.05) is 18.2 Å². The van der Waals surface area contributed by atoms with Gasteiger partial charge in [-0.05, 0) is 44.4 Å². The van der Waals surface area contributed by atoms with Gasteiger partial charge in [-0.25, -0.2) is 0 Å². The third-order valence-electron chi connectivity index (χ3n) is 4.72. The molecule has 174 valence electrons. The number of hydrogen-bond acceptors (Lipinski definition) is 5. The lowest BCUT2D eigenvalue weighted by atomic mass is 10.0. The molecule has 2 rings (SSSR count). The first-order valence-corrected chi connectivity index (χ1v) is 9.91. The van der Waals surface area contributed by atoms with Crippen LogP contribution in [0, 0.1) is 0 Å². The number of amides is 2. The Kier molecular flexibility index (Phi) is 14.3. The highest BCUT2D eigenvalue weighted by atomic mass is 35.5. The van der Waals surface area contributed by atoms with Crippen LogP contribution in [0.1, 0.15) is 32.1 Å². The predicted molar refractivity (Wildman–Crippen MR) is 127 cm³/mol. The molecule has 1 aliphatic rings. The van der Waals surface area contributed by atoms with Gasteiger partial charge in [0.25, 0.3) is 0 Å². The van der Waals surface area contributed by atoms with E-state index in [0.29, 0.717) is 31.4 Å². The van der Waals surface area contributed by atoms with Gasteiger partial charge in [0.1, 0.15) is 12.8 Å². The average molecular weight is 475 g/mol. The Bertz CT molecular complexity index is 710. The first kappa shape index (κ1) is 28.6. The Morgan fingerprint density at radius 2 is 1.94 bits per heavy atom. The van der Waals surface area contributed by atoms with E-state index in [9.17, 15) is 14.4 Å². The Hall–Kier alpha value is -2.36. The summed E-state index contributed by atoms with van der Waals surface area (Å²) in [4.78, 5) is 42.3. The number of guanidine groups is 1. The van der Waals surface area contributed by atoms with Crippen molar-refractivity contribution in [1.29, 1.82) is 0 Å². The second-order valence-corrected chi connectivity index (χ2v) is 7.02. The van der Waals surface area contributed by atoms with Crippen molar-refractivity contribution < 1.29 is 14.4 Å². The smallest absolute Gasteiger partial charge is 0.244 e. The second-order valence-electron chi connectivity index (χ2n) is 7.02. The van der Waals surface area contributed by atoms with E-state index in [-0.39, 0.29) is 49.3 Å². The highest BCUT2D eigenvalue weighted by Gasteiger charge is 2.28. The van der Waals surface area contributed by atoms with Gasteiger partial charge in [0, 0.05) is 12.2 Å². The van der Waals surface area contributed by atoms with Crippen LogP contribution in [0.4, 0.5) is 5.69 Å². The van der Waals surface area contributed by atoms with Gasteiger partial charge in [0.2, 0.25) is 11.8 Å². The molecule has 0 spiro atoms. The maximum atomic E-state index is 13.0. The highest BCUT2D eigenvalue weighted by Crippen LogP contribution is 2.17. The number of nitrogens with two attached hydrogens (primary N) is 2. The number of halogens is 2. The molecule has 1 fully saturated rings. The molecule has 1 heterocycles. The van der Waals surface area contributed by atoms with Gasteiger partial charge >= 0.3 is 0 Å². The van der Waals surface area contributed by atoms with Crippen molar-refractivity contribution in [2.75, 3.05) is 24.5 Å². The lowest BCUT2D eigenvalue weighted by molar-refractivity contribution is -0.126. The molecule has 11 heteroatoms. The molecule has 2 atom stereocenters. The highest BCUT2D eigenvalue weighted by molar-refractivity contribution is 6.01. The monoisotopic (exact) mass is 474 g/mol. The summed E-state index contributed by atoms with van der Waals surface area (Å²) in [5.41, 5.74) is 11.2. The molecule has 0 radical (unpaired) electrons. The van der Waals surface area contributed by atoms with Gasteiger partial charge in [-0.15, -0.1) is 24.8 Å². The van der Waals surface area contributed by atoms with E-state index >= 15 is 0 Å². The molecule has 0 unspecified atom stereocenters. The molecule has 31 heavy (non-hydrogen) atoms. The maximum absolute atomic E-state index is 13.0. The summed E-state index contributed by atoms with van der Waals surface area (Å²) in [7, 11) is 0. The van der Waals surface area contributed by atoms with Crippen molar-refractivity contribution in [1.82, 2.24) is 10.6 Å². The van der Waals surface area contributed by atoms with Crippen LogP contribution in [0.15, 0.2) is 35.3 Å². The first-order valence-electron chi connectivity index (χ1n) is 9.91. The van der Waals surface area contributed by atoms with Gasteiger partial charge in [-0.3, -0.25) is 14.6 Å². The van der Waals surface area contributed by atoms with E-state index in [1.54, 1.807) is 12.1 Å². The number of aliphatic imine (C=N–C) groups is 1. The summed E-state index contributed by atoms with van der Waals surface area (Å²) < 4.78 is 0. The molecule has 1 aliphatic heterocycles. The number of nitrogens with zero attached hydrogens (tertiary/aromatic N) is 2. The average Bonchev–Trinajstić information content (AvgIpc) is 2.74. The van der Waals surface area contributed by atoms with Crippen molar-refractivity contribution in [2.45, 2.75) is 44.2 Å². The van der Waals surface area contributed by atoms with E-state index < -0.39 is 11.9 Å². The van der Waals surface area contributed by atoms with Crippen LogP contribution in [0.25, 0.3) is 0 Å². The van der Waals surface area contributed by atoms with Crippen LogP contribution in [0.2, 0.25) is 0 Å². The zero-order valence-corrected chi connectivity index (χ0v) is 19.0. The predicted octanol–water partition coefficient (Wildman–Crippen LogP) is 0.743. The fourth-order valence-electron chi connectivity index (χ4n) is 3.24. The lowest BCUT2D eigenvalue weighted by Crippen LogP contribution is -2.52. The van der Waals surface area contributed by atoms with Crippen LogP contribution < -0.4 is 27.0 Å². The van der Waals surface area contributed by atoms with Crippen molar-refractivity contribution in [2.24, 2.45) is 16.5 Å². The summed E-state index contributed by atoms with van der Waals surface area (Å²) in [6.07, 6.45) is 4.40. The van der Waals surface area contributed by atoms with Crippen molar-refractivity contribution in [3.05, 3.63) is 30.3 Å². The molecule has 6 N–H and O–H groups in total. The maximum Gasteiger partial charge on any atom is 0.244 e. The van der Waals surface area contributed by atoms with Crippen molar-refractivity contribution in [3.63, 3.8) is 0 Å². The molecule has 2 amide bonds. The number of nitrogens with one attached hydrogen (secondary N) is 2. The molecule has 1 saturated heterocycles. The van der Waals surface area contributed by atoms with Gasteiger partial charge in [0.05, 0.1) is 12.1 Å². The van der Waals surface area contributed by atoms with E-state index in [2.05, 4.69) is 15.6 Å². The number of piperidine rings is 1. The number of aldehydes is 1. The molecule has 0 aliphatic carbocycles. The molecule has 9 nitrogen and oxygen atoms in total. The van der Waals surface area contributed by atoms with Crippen LogP contribution >= 0.6 is 24.8 Å². The summed E-state index contributed by atoms with van der Waals surface area (Å²) >= 11 is 0. The number of anilines is 1. The van der Waals surface area contributed by atoms with Crippen molar-refractivity contribution in [3.8, 4) is 0 Å². The van der Waals surface area contributed by atoms with Crippen LogP contribution in [0.3, 0.4) is 0 Å². The Morgan fingerprint density at radius 3 is 2.52 bits per heavy atom. The first-order chi connectivity index (χ1) is 14.0. The standard InChI is InChI=1S/C20H30N6O3.2ClH/c21-20(22)24-12-6-7-15(14-27)25-18(28)13-26(16-8-2-1-3-9-16)19(29)17-10-4-5-11-23-17;;/h1-3,8-9,14-15,17,23H,4-7,10-13H2,(H,25,28)(H4,21,22,24);2*1H/t15-,17+;;/m0../s1. The Labute approximate surface area is 195 Å². The fraction of sp³-hybridized carbons (Fsp3) is 0.500. The minimum Gasteiger partial charge on any atom is -0.370 e. The number of carbonyl (C=O) groups excluding carboxylic acids is 3. The fourth-order valence-corrected chi connectivity index (χ4v) is 3.24. The van der Waals surface area contributed by atoms with Gasteiger partial charge in [-0.2, -0.15) is 0 Å². The summed E-state index contributed by atoms with van der Waals surface area (Å²) in [6.45, 7) is 1.01. The van der Waals surface area contributed by atoms with Gasteiger partial charge < -0.3 is 31.8 Å². The largest absolute Gasteiger partial charge is 0.370 e. The summed E-state index contributed by atoms with van der Waals surface area (Å²) in [6, 6.07) is 8.11. The molecule has 0 saturated carbocycles. The van der Waals surface area contributed by atoms with Crippen LogP contribution in [-0.4, -0.2) is 55.8 Å². The summed E-state index contributed by atoms with van der Waals surface area (Å²) in [5.74, 6) is -0.538. The number of rotatable bonds is 10. The minimum absolute atomic E-state index is 0. The number of carbonyl (C=O) groups is 3. The topological polar surface area (TPSA) is 143 Å². The van der Waals surface area contributed by atoms with Crippen LogP contribution in [0.5, 0.6) is 0 Å². The molecular weight excluding hydrogens is 443 g/mol. The van der Waals surface area contributed by atoms with Crippen LogP contribution in [-0.2, 0) is 14.4 Å². The third kappa shape index (κ3) is 9.99. The van der Waals surface area contributed by atoms with E-state index in [4.69, 9.17) is 11.5 Å². The van der Waals surface area contributed by atoms with E-state index in [0.717, 1.165) is 25.8 Å². The Morgan fingerprint density at radius 1 is 1.23 bits per heavy atom. The minimum atomic E-state index is -0.655. The SMILES string of the molecule is Cl.Cl.NC(N)=NCCC[C@@H](C=O)NC(=O)CN(C(=O)[C@H]1CCCCN1)c1ccccc1. The molecular formula is C20H32Cl2N6O3. The number of para-hydroxylation sites is 1. The molecule has 0 aromatic heterocycles. The zero-order valence-electron chi connectivity index (χ0n) is 17.4. The van der Waals surface area contributed by atoms with Gasteiger partial charge in [-0.1, -0.05) is 24.6 Å². The number of benzene rings is 1. The quantitative estimate of drug-likeness (QED) is 0.170. The molecule has 1 aromatic carbocycles. The molecule has 0 bridgehead atoms. The third-order valence-corrected chi connectivity index (χ3v) is 4.72. The summed E-state index contributed by atoms with van der Waals surface area (Å²) in [5, 5.41) is 5.91. The zero-order chi connectivity index (χ0) is 21.1. The normalized spacial score (nSPS) is 15.9. The Balaban J connectivity index is 0.00000450. The van der Waals surface area contributed by atoms with Gasteiger partial charge in [0.15, 0.2) is 5.96 Å². The van der Waals surface area contributed by atoms with E-state index in [1.165, 1.54) is 4.90 Å². The van der Waals surface area contributed by atoms with Crippen molar-refractivity contribution >= 4 is 54.6 Å². The number of hydrogen-bond donors (Lipinski definition) is 4.